The molecule has 0 aliphatic heterocycles. The van der Waals surface area contributed by atoms with Crippen molar-refractivity contribution in [2.45, 2.75) is 141 Å². The molecule has 0 saturated carbocycles. The van der Waals surface area contributed by atoms with Gasteiger partial charge in [-0.15, -0.1) is 18.5 Å². The Labute approximate surface area is 275 Å². The van der Waals surface area contributed by atoms with Gasteiger partial charge in [0.15, 0.2) is 0 Å². The van der Waals surface area contributed by atoms with Gasteiger partial charge in [-0.3, -0.25) is 0 Å². The summed E-state index contributed by atoms with van der Waals surface area (Å²) in [5.41, 5.74) is 6.08. The molecule has 0 N–H and O–H groups in total. The van der Waals surface area contributed by atoms with Gasteiger partial charge >= 0.3 is 0 Å². The largest absolute Gasteiger partial charge is 0.126 e. The van der Waals surface area contributed by atoms with Crippen LogP contribution in [0.15, 0.2) is 72.8 Å². The maximum Gasteiger partial charge on any atom is 0.0104 e. The quantitative estimate of drug-likeness (QED) is 0.0717. The Balaban J connectivity index is 2.07. The molecule has 0 fully saturated rings. The van der Waals surface area contributed by atoms with E-state index in [2.05, 4.69) is 119 Å². The molecule has 0 aromatic heterocycles. The monoisotopic (exact) mass is 626 g/mol. The second-order valence-electron chi connectivity index (χ2n) is 13.6. The summed E-state index contributed by atoms with van der Waals surface area (Å²) in [6, 6.07) is 28.3. The van der Waals surface area contributed by atoms with Gasteiger partial charge in [-0.05, 0) is 69.5 Å². The SMILES string of the molecule is CCCCCC(P)(CCCCC)c1ccc2ccccc2c1-c1c(C(P)(CCCCC)CCCCC)ccc2ccccc12. The molecular weight excluding hydrogens is 566 g/mol. The zero-order chi connectivity index (χ0) is 31.4. The average molecular weight is 627 g/mol. The normalized spacial score (nSPS) is 12.4. The molecule has 2 unspecified atom stereocenters. The van der Waals surface area contributed by atoms with Crippen LogP contribution in [0.5, 0.6) is 0 Å². The van der Waals surface area contributed by atoms with Crippen molar-refractivity contribution >= 4 is 40.0 Å². The minimum absolute atomic E-state index is 0.0614. The summed E-state index contributed by atoms with van der Waals surface area (Å²) in [4.78, 5) is 0. The number of unbranched alkanes of at least 4 members (excludes halogenated alkanes) is 8. The molecule has 0 nitrogen and oxygen atoms in total. The van der Waals surface area contributed by atoms with Gasteiger partial charge in [0, 0.05) is 10.3 Å². The highest BCUT2D eigenvalue weighted by molar-refractivity contribution is 7.18. The zero-order valence-electron chi connectivity index (χ0n) is 28.4. The standard InChI is InChI=1S/C42H60P2/c1-5-9-17-29-41(43,30-18-10-6-2)37-27-25-33-21-13-15-23-35(33)39(37)40-36-24-16-14-22-34(36)26-28-38(40)42(44,31-19-11-7-3)32-20-12-8-4/h13-16,21-28H,5-12,17-20,29-32,43-44H2,1-4H3. The molecule has 0 radical (unpaired) electrons. The van der Waals surface area contributed by atoms with Gasteiger partial charge in [-0.2, -0.15) is 0 Å². The lowest BCUT2D eigenvalue weighted by Crippen LogP contribution is -2.22. The van der Waals surface area contributed by atoms with Crippen molar-refractivity contribution in [1.82, 2.24) is 0 Å². The number of hydrogen-bond donors (Lipinski definition) is 0. The number of fused-ring (bicyclic) bond motifs is 2. The van der Waals surface area contributed by atoms with Gasteiger partial charge in [-0.1, -0.05) is 178 Å². The zero-order valence-corrected chi connectivity index (χ0v) is 30.7. The topological polar surface area (TPSA) is 0 Å². The molecule has 2 atom stereocenters. The molecule has 4 rings (SSSR count). The van der Waals surface area contributed by atoms with Crippen molar-refractivity contribution in [3.05, 3.63) is 83.9 Å². The average Bonchev–Trinajstić information content (AvgIpc) is 3.04. The van der Waals surface area contributed by atoms with Crippen LogP contribution in [-0.4, -0.2) is 0 Å². The molecule has 2 heteroatoms. The third-order valence-corrected chi connectivity index (χ3v) is 11.9. The number of benzene rings is 4. The fourth-order valence-corrected chi connectivity index (χ4v) is 8.76. The van der Waals surface area contributed by atoms with E-state index in [9.17, 15) is 0 Å². The molecule has 0 aliphatic rings. The molecule has 4 aromatic rings. The van der Waals surface area contributed by atoms with Gasteiger partial charge in [-0.25, -0.2) is 0 Å². The van der Waals surface area contributed by atoms with Crippen LogP contribution in [0.2, 0.25) is 0 Å². The first kappa shape index (κ1) is 35.1. The van der Waals surface area contributed by atoms with E-state index in [1.54, 1.807) is 11.1 Å². The summed E-state index contributed by atoms with van der Waals surface area (Å²) in [6.07, 6.45) is 20.3. The van der Waals surface area contributed by atoms with Gasteiger partial charge in [0.05, 0.1) is 0 Å². The highest BCUT2D eigenvalue weighted by atomic mass is 31.0. The first-order valence-corrected chi connectivity index (χ1v) is 19.2. The van der Waals surface area contributed by atoms with Gasteiger partial charge in [0.2, 0.25) is 0 Å². The van der Waals surface area contributed by atoms with E-state index in [1.807, 2.05) is 0 Å². The van der Waals surface area contributed by atoms with Crippen LogP contribution >= 0.6 is 18.5 Å². The van der Waals surface area contributed by atoms with Crippen LogP contribution in [-0.2, 0) is 10.3 Å². The van der Waals surface area contributed by atoms with E-state index >= 15 is 0 Å². The van der Waals surface area contributed by atoms with E-state index in [1.165, 1.54) is 135 Å². The summed E-state index contributed by atoms with van der Waals surface area (Å²) in [5, 5.41) is 5.65. The maximum atomic E-state index is 3.46. The Hall–Kier alpha value is -1.74. The molecule has 0 saturated heterocycles. The van der Waals surface area contributed by atoms with Crippen molar-refractivity contribution in [1.29, 1.82) is 0 Å². The summed E-state index contributed by atoms with van der Waals surface area (Å²) >= 11 is 0. The Kier molecular flexibility index (Phi) is 13.8. The smallest absolute Gasteiger partial charge is 0.0104 e. The third-order valence-electron chi connectivity index (χ3n) is 10.1. The molecule has 4 aromatic carbocycles. The predicted molar refractivity (Wildman–Crippen MR) is 206 cm³/mol. The number of rotatable bonds is 19. The summed E-state index contributed by atoms with van der Waals surface area (Å²) in [5.74, 6) is 0. The van der Waals surface area contributed by atoms with Crippen LogP contribution in [0.4, 0.5) is 0 Å². The fraction of sp³-hybridized carbons (Fsp3) is 0.524. The van der Waals surface area contributed by atoms with E-state index < -0.39 is 0 Å². The second-order valence-corrected chi connectivity index (χ2v) is 15.8. The van der Waals surface area contributed by atoms with Crippen LogP contribution in [0.1, 0.15) is 142 Å². The van der Waals surface area contributed by atoms with Gasteiger partial charge < -0.3 is 0 Å². The van der Waals surface area contributed by atoms with Crippen molar-refractivity contribution in [2.75, 3.05) is 0 Å². The lowest BCUT2D eigenvalue weighted by atomic mass is 9.76. The molecule has 238 valence electrons. The Morgan fingerprint density at radius 1 is 0.409 bits per heavy atom. The Bertz CT molecular complexity index is 1320. The lowest BCUT2D eigenvalue weighted by molar-refractivity contribution is 0.464. The molecule has 44 heavy (non-hydrogen) atoms. The minimum Gasteiger partial charge on any atom is -0.126 e. The summed E-state index contributed by atoms with van der Waals surface area (Å²) in [7, 11) is 6.92. The minimum atomic E-state index is 0.0614. The van der Waals surface area contributed by atoms with Crippen molar-refractivity contribution in [3.63, 3.8) is 0 Å². The lowest BCUT2D eigenvalue weighted by Gasteiger charge is -2.37. The van der Waals surface area contributed by atoms with E-state index in [0.717, 1.165) is 0 Å². The number of hydrogen-bond acceptors (Lipinski definition) is 0. The highest BCUT2D eigenvalue weighted by Gasteiger charge is 2.35. The van der Waals surface area contributed by atoms with Crippen LogP contribution in [0.3, 0.4) is 0 Å². The summed E-state index contributed by atoms with van der Waals surface area (Å²) in [6.45, 7) is 9.34. The predicted octanol–water partition coefficient (Wildman–Crippen LogP) is 14.1. The third kappa shape index (κ3) is 8.34. The molecule has 0 aliphatic carbocycles. The van der Waals surface area contributed by atoms with Crippen LogP contribution in [0, 0.1) is 0 Å². The highest BCUT2D eigenvalue weighted by Crippen LogP contribution is 2.53. The molecule has 0 heterocycles. The van der Waals surface area contributed by atoms with E-state index in [4.69, 9.17) is 0 Å². The van der Waals surface area contributed by atoms with Gasteiger partial charge in [0.1, 0.15) is 0 Å². The van der Waals surface area contributed by atoms with Crippen molar-refractivity contribution < 1.29 is 0 Å². The van der Waals surface area contributed by atoms with Crippen molar-refractivity contribution in [3.8, 4) is 11.1 Å². The first-order chi connectivity index (χ1) is 21.4. The van der Waals surface area contributed by atoms with E-state index in [0.29, 0.717) is 0 Å². The molecule has 0 amide bonds. The van der Waals surface area contributed by atoms with Crippen molar-refractivity contribution in [2.24, 2.45) is 0 Å². The second kappa shape index (κ2) is 17.3. The molecular formula is C42H60P2. The van der Waals surface area contributed by atoms with E-state index in [-0.39, 0.29) is 10.3 Å². The Morgan fingerprint density at radius 2 is 0.727 bits per heavy atom. The Morgan fingerprint density at radius 3 is 1.05 bits per heavy atom. The molecule has 0 spiro atoms. The maximum absolute atomic E-state index is 3.46. The first-order valence-electron chi connectivity index (χ1n) is 18.0. The molecule has 0 bridgehead atoms. The van der Waals surface area contributed by atoms with Gasteiger partial charge in [0.25, 0.3) is 0 Å². The van der Waals surface area contributed by atoms with Crippen LogP contribution in [0.25, 0.3) is 32.7 Å². The fourth-order valence-electron chi connectivity index (χ4n) is 7.46. The summed E-state index contributed by atoms with van der Waals surface area (Å²) < 4.78 is 0. The van der Waals surface area contributed by atoms with Crippen LogP contribution < -0.4 is 0 Å².